The fourth-order valence-corrected chi connectivity index (χ4v) is 2.07. The molecule has 0 saturated heterocycles. The van der Waals surface area contributed by atoms with Gasteiger partial charge in [-0.15, -0.1) is 0 Å². The summed E-state index contributed by atoms with van der Waals surface area (Å²) < 4.78 is 0. The van der Waals surface area contributed by atoms with Gasteiger partial charge in [0.05, 0.1) is 0 Å². The van der Waals surface area contributed by atoms with Crippen LogP contribution < -0.4 is 32.3 Å². The first-order chi connectivity index (χ1) is 11.6. The first kappa shape index (κ1) is 17.9. The SMILES string of the molecule is S=C(NNC(=S)Nc1ccccc1)NNC(=S)Nc1ccccc1. The zero-order valence-electron chi connectivity index (χ0n) is 12.5. The van der Waals surface area contributed by atoms with Crippen LogP contribution in [-0.4, -0.2) is 15.3 Å². The van der Waals surface area contributed by atoms with Gasteiger partial charge in [-0.05, 0) is 60.9 Å². The van der Waals surface area contributed by atoms with Crippen molar-refractivity contribution in [2.45, 2.75) is 0 Å². The third-order valence-corrected chi connectivity index (χ3v) is 3.25. The molecule has 0 saturated carbocycles. The quantitative estimate of drug-likeness (QED) is 0.350. The van der Waals surface area contributed by atoms with Gasteiger partial charge in [-0.2, -0.15) is 0 Å². The smallest absolute Gasteiger partial charge is 0.204 e. The maximum atomic E-state index is 5.15. The predicted molar refractivity (Wildman–Crippen MR) is 110 cm³/mol. The number of thiocarbonyl (C=S) groups is 3. The highest BCUT2D eigenvalue weighted by atomic mass is 32.1. The standard InChI is InChI=1S/C15H16N6S3/c22-13(16-11-7-3-1-4-8-11)18-20-15(24)21-19-14(23)17-12-9-5-2-6-10-12/h1-10H,(H2,16,18,22)(H2,17,19,23)(H2,20,21,24). The first-order valence-electron chi connectivity index (χ1n) is 6.93. The van der Waals surface area contributed by atoms with Gasteiger partial charge < -0.3 is 10.6 Å². The lowest BCUT2D eigenvalue weighted by atomic mass is 10.3. The second-order valence-corrected chi connectivity index (χ2v) is 5.69. The van der Waals surface area contributed by atoms with Crippen LogP contribution in [0.15, 0.2) is 60.7 Å². The Bertz CT molecular complexity index is 633. The van der Waals surface area contributed by atoms with E-state index in [0.29, 0.717) is 10.2 Å². The third-order valence-electron chi connectivity index (χ3n) is 2.64. The maximum Gasteiger partial charge on any atom is 0.204 e. The van der Waals surface area contributed by atoms with Gasteiger partial charge in [0.25, 0.3) is 0 Å². The van der Waals surface area contributed by atoms with Gasteiger partial charge in [0, 0.05) is 11.4 Å². The zero-order chi connectivity index (χ0) is 17.2. The van der Waals surface area contributed by atoms with Gasteiger partial charge in [-0.1, -0.05) is 36.4 Å². The normalized spacial score (nSPS) is 9.33. The summed E-state index contributed by atoms with van der Waals surface area (Å²) in [7, 11) is 0. The van der Waals surface area contributed by atoms with E-state index < -0.39 is 0 Å². The molecule has 2 aromatic carbocycles. The van der Waals surface area contributed by atoms with Crippen LogP contribution in [0.25, 0.3) is 0 Å². The molecule has 124 valence electrons. The van der Waals surface area contributed by atoms with Crippen LogP contribution >= 0.6 is 36.7 Å². The lowest BCUT2D eigenvalue weighted by Gasteiger charge is -2.16. The van der Waals surface area contributed by atoms with Crippen molar-refractivity contribution in [3.05, 3.63) is 60.7 Å². The van der Waals surface area contributed by atoms with Gasteiger partial charge in [-0.3, -0.25) is 21.7 Å². The predicted octanol–water partition coefficient (Wildman–Crippen LogP) is 2.25. The summed E-state index contributed by atoms with van der Waals surface area (Å²) in [5.41, 5.74) is 12.8. The Morgan fingerprint density at radius 3 is 1.21 bits per heavy atom. The first-order valence-corrected chi connectivity index (χ1v) is 8.16. The highest BCUT2D eigenvalue weighted by Gasteiger charge is 2.00. The fourth-order valence-electron chi connectivity index (χ4n) is 1.63. The second-order valence-electron chi connectivity index (χ2n) is 4.47. The Labute approximate surface area is 156 Å². The molecule has 2 aromatic rings. The molecule has 6 nitrogen and oxygen atoms in total. The van der Waals surface area contributed by atoms with E-state index in [0.717, 1.165) is 11.4 Å². The molecule has 0 unspecified atom stereocenters. The summed E-state index contributed by atoms with van der Waals surface area (Å²) in [4.78, 5) is 0. The van der Waals surface area contributed by atoms with Crippen molar-refractivity contribution in [1.29, 1.82) is 0 Å². The van der Waals surface area contributed by atoms with Crippen LogP contribution in [0.3, 0.4) is 0 Å². The summed E-state index contributed by atoms with van der Waals surface area (Å²) in [6.45, 7) is 0. The van der Waals surface area contributed by atoms with Crippen molar-refractivity contribution in [3.63, 3.8) is 0 Å². The van der Waals surface area contributed by atoms with E-state index in [4.69, 9.17) is 36.7 Å². The number of nitrogens with one attached hydrogen (secondary N) is 6. The van der Waals surface area contributed by atoms with Crippen LogP contribution in [0.4, 0.5) is 11.4 Å². The summed E-state index contributed by atoms with van der Waals surface area (Å²) in [5.74, 6) is 0. The van der Waals surface area contributed by atoms with E-state index in [9.17, 15) is 0 Å². The molecule has 9 heteroatoms. The van der Waals surface area contributed by atoms with Crippen molar-refractivity contribution >= 4 is 63.4 Å². The Morgan fingerprint density at radius 1 is 0.500 bits per heavy atom. The summed E-state index contributed by atoms with van der Waals surface area (Å²) in [5, 5.41) is 7.06. The van der Waals surface area contributed by atoms with Gasteiger partial charge >= 0.3 is 0 Å². The average Bonchev–Trinajstić information content (AvgIpc) is 2.60. The van der Waals surface area contributed by atoms with Crippen LogP contribution in [0, 0.1) is 0 Å². The van der Waals surface area contributed by atoms with Crippen LogP contribution in [0.2, 0.25) is 0 Å². The number of benzene rings is 2. The molecule has 0 heterocycles. The van der Waals surface area contributed by atoms with Crippen molar-refractivity contribution < 1.29 is 0 Å². The van der Waals surface area contributed by atoms with Gasteiger partial charge in [0.2, 0.25) is 5.11 Å². The number of hydrogen-bond donors (Lipinski definition) is 6. The minimum atomic E-state index is 0.282. The molecule has 0 aliphatic heterocycles. The molecule has 2 rings (SSSR count). The van der Waals surface area contributed by atoms with E-state index in [1.807, 2.05) is 60.7 Å². The molecule has 0 spiro atoms. The molecule has 0 fully saturated rings. The highest BCUT2D eigenvalue weighted by Crippen LogP contribution is 2.04. The Balaban J connectivity index is 1.64. The van der Waals surface area contributed by atoms with Gasteiger partial charge in [0.1, 0.15) is 0 Å². The Kier molecular flexibility index (Phi) is 7.15. The zero-order valence-corrected chi connectivity index (χ0v) is 14.9. The van der Waals surface area contributed by atoms with E-state index >= 15 is 0 Å². The van der Waals surface area contributed by atoms with E-state index in [1.165, 1.54) is 0 Å². The molecular weight excluding hydrogens is 360 g/mol. The van der Waals surface area contributed by atoms with Crippen LogP contribution in [-0.2, 0) is 0 Å². The molecule has 0 aliphatic carbocycles. The van der Waals surface area contributed by atoms with Gasteiger partial charge in [-0.25, -0.2) is 0 Å². The Hall–Kier alpha value is -2.49. The lowest BCUT2D eigenvalue weighted by Crippen LogP contribution is -2.53. The fraction of sp³-hybridized carbons (Fsp3) is 0. The van der Waals surface area contributed by atoms with E-state index in [1.54, 1.807) is 0 Å². The molecule has 0 radical (unpaired) electrons. The molecule has 0 atom stereocenters. The van der Waals surface area contributed by atoms with E-state index in [2.05, 4.69) is 32.3 Å². The Morgan fingerprint density at radius 2 is 0.833 bits per heavy atom. The largest absolute Gasteiger partial charge is 0.331 e. The molecule has 6 N–H and O–H groups in total. The maximum absolute atomic E-state index is 5.15. The van der Waals surface area contributed by atoms with E-state index in [-0.39, 0.29) is 5.11 Å². The minimum absolute atomic E-state index is 0.282. The number of anilines is 2. The van der Waals surface area contributed by atoms with Crippen molar-refractivity contribution in [2.75, 3.05) is 10.6 Å². The van der Waals surface area contributed by atoms with Crippen molar-refractivity contribution in [2.24, 2.45) is 0 Å². The molecule has 0 aliphatic rings. The third kappa shape index (κ3) is 6.73. The number of rotatable bonds is 2. The minimum Gasteiger partial charge on any atom is -0.331 e. The topological polar surface area (TPSA) is 72.2 Å². The number of hydrazine groups is 2. The molecule has 24 heavy (non-hydrogen) atoms. The van der Waals surface area contributed by atoms with Crippen molar-refractivity contribution in [1.82, 2.24) is 21.7 Å². The second kappa shape index (κ2) is 9.60. The highest BCUT2D eigenvalue weighted by molar-refractivity contribution is 7.81. The summed E-state index contributed by atoms with van der Waals surface area (Å²) >= 11 is 15.4. The van der Waals surface area contributed by atoms with Gasteiger partial charge in [0.15, 0.2) is 10.2 Å². The molecular formula is C15H16N6S3. The summed E-state index contributed by atoms with van der Waals surface area (Å²) in [6, 6.07) is 19.1. The molecule has 0 amide bonds. The molecule has 0 aromatic heterocycles. The number of para-hydroxylation sites is 2. The number of hydrogen-bond acceptors (Lipinski definition) is 3. The molecule has 0 bridgehead atoms. The van der Waals surface area contributed by atoms with Crippen LogP contribution in [0.1, 0.15) is 0 Å². The monoisotopic (exact) mass is 376 g/mol. The lowest BCUT2D eigenvalue weighted by molar-refractivity contribution is 0.788. The summed E-state index contributed by atoms with van der Waals surface area (Å²) in [6.07, 6.45) is 0. The average molecular weight is 377 g/mol. The van der Waals surface area contributed by atoms with Crippen LogP contribution in [0.5, 0.6) is 0 Å². The van der Waals surface area contributed by atoms with Crippen molar-refractivity contribution in [3.8, 4) is 0 Å².